The van der Waals surface area contributed by atoms with E-state index in [0.717, 1.165) is 0 Å². The maximum Gasteiger partial charge on any atom is 0.328 e. The Balaban J connectivity index is 2.09. The number of anilines is 1. The van der Waals surface area contributed by atoms with E-state index in [1.807, 2.05) is 0 Å². The fourth-order valence-corrected chi connectivity index (χ4v) is 2.97. The quantitative estimate of drug-likeness (QED) is 0.790. The van der Waals surface area contributed by atoms with Gasteiger partial charge in [0.05, 0.1) is 7.11 Å². The Morgan fingerprint density at radius 1 is 1.20 bits per heavy atom. The minimum Gasteiger partial charge on any atom is -0.467 e. The monoisotopic (exact) mass is 346 g/mol. The lowest BCUT2D eigenvalue weighted by atomic mass is 9.83. The summed E-state index contributed by atoms with van der Waals surface area (Å²) in [7, 11) is 1.26. The van der Waals surface area contributed by atoms with Crippen molar-refractivity contribution in [2.75, 3.05) is 12.4 Å². The van der Waals surface area contributed by atoms with Crippen molar-refractivity contribution >= 4 is 29.3 Å². The SMILES string of the molecule is COC(=O)[C@H](NC(=O)c1ccc(NC(C)=O)cc1)[C@H]1CCCC(=O)C1. The van der Waals surface area contributed by atoms with Crippen molar-refractivity contribution in [1.82, 2.24) is 5.32 Å². The molecule has 1 aliphatic carbocycles. The Hall–Kier alpha value is -2.70. The van der Waals surface area contributed by atoms with Gasteiger partial charge in [-0.1, -0.05) is 0 Å². The second kappa shape index (κ2) is 8.41. The summed E-state index contributed by atoms with van der Waals surface area (Å²) in [5.74, 6) is -1.34. The van der Waals surface area contributed by atoms with Crippen LogP contribution in [0.2, 0.25) is 0 Å². The van der Waals surface area contributed by atoms with Crippen molar-refractivity contribution in [1.29, 1.82) is 0 Å². The fraction of sp³-hybridized carbons (Fsp3) is 0.444. The molecule has 0 aromatic heterocycles. The van der Waals surface area contributed by atoms with Crippen molar-refractivity contribution in [3.63, 3.8) is 0 Å². The molecular formula is C18H22N2O5. The molecule has 0 heterocycles. The van der Waals surface area contributed by atoms with Crippen molar-refractivity contribution in [2.24, 2.45) is 5.92 Å². The van der Waals surface area contributed by atoms with Crippen LogP contribution in [0.15, 0.2) is 24.3 Å². The molecule has 2 rings (SSSR count). The maximum absolute atomic E-state index is 12.4. The number of methoxy groups -OCH3 is 1. The van der Waals surface area contributed by atoms with Crippen LogP contribution < -0.4 is 10.6 Å². The van der Waals surface area contributed by atoms with Crippen molar-refractivity contribution in [3.8, 4) is 0 Å². The first kappa shape index (κ1) is 18.6. The standard InChI is InChI=1S/C18H22N2O5/c1-11(21)19-14-8-6-12(7-9-14)17(23)20-16(18(24)25-2)13-4-3-5-15(22)10-13/h6-9,13,16H,3-5,10H2,1-2H3,(H,19,21)(H,20,23)/t13-,16+/m0/s1. The number of esters is 1. The first-order valence-corrected chi connectivity index (χ1v) is 8.18. The number of ketones is 1. The van der Waals surface area contributed by atoms with Gasteiger partial charge >= 0.3 is 5.97 Å². The van der Waals surface area contributed by atoms with E-state index < -0.39 is 17.9 Å². The minimum atomic E-state index is -0.850. The molecule has 7 heteroatoms. The molecule has 25 heavy (non-hydrogen) atoms. The van der Waals surface area contributed by atoms with Crippen molar-refractivity contribution in [3.05, 3.63) is 29.8 Å². The van der Waals surface area contributed by atoms with E-state index >= 15 is 0 Å². The molecule has 1 saturated carbocycles. The Kier molecular flexibility index (Phi) is 6.27. The molecule has 1 aromatic carbocycles. The van der Waals surface area contributed by atoms with Crippen molar-refractivity contribution in [2.45, 2.75) is 38.6 Å². The number of amides is 2. The van der Waals surface area contributed by atoms with E-state index in [1.165, 1.54) is 14.0 Å². The normalized spacial score (nSPS) is 18.2. The van der Waals surface area contributed by atoms with Gasteiger partial charge in [-0.15, -0.1) is 0 Å². The van der Waals surface area contributed by atoms with Gasteiger partial charge in [0.1, 0.15) is 11.8 Å². The predicted molar refractivity (Wildman–Crippen MR) is 91.0 cm³/mol. The lowest BCUT2D eigenvalue weighted by Gasteiger charge is -2.28. The molecule has 0 saturated heterocycles. The Morgan fingerprint density at radius 3 is 2.44 bits per heavy atom. The van der Waals surface area contributed by atoms with Gasteiger partial charge in [-0.2, -0.15) is 0 Å². The zero-order chi connectivity index (χ0) is 18.4. The number of Topliss-reactive ketones (excluding diaryl/α,β-unsaturated/α-hetero) is 1. The Morgan fingerprint density at radius 2 is 1.88 bits per heavy atom. The highest BCUT2D eigenvalue weighted by Gasteiger charge is 2.34. The number of hydrogen-bond donors (Lipinski definition) is 2. The van der Waals surface area contributed by atoms with Crippen LogP contribution in [0.25, 0.3) is 0 Å². The summed E-state index contributed by atoms with van der Waals surface area (Å²) in [5.41, 5.74) is 0.927. The summed E-state index contributed by atoms with van der Waals surface area (Å²) < 4.78 is 4.79. The zero-order valence-electron chi connectivity index (χ0n) is 14.3. The maximum atomic E-state index is 12.4. The second-order valence-corrected chi connectivity index (χ2v) is 6.13. The molecule has 1 aliphatic rings. The third-order valence-corrected chi connectivity index (χ3v) is 4.20. The van der Waals surface area contributed by atoms with Gasteiger partial charge in [-0.25, -0.2) is 4.79 Å². The third kappa shape index (κ3) is 5.14. The Bertz CT molecular complexity index is 669. The van der Waals surface area contributed by atoms with Gasteiger partial charge in [0.15, 0.2) is 0 Å². The number of carbonyl (C=O) groups is 4. The topological polar surface area (TPSA) is 102 Å². The third-order valence-electron chi connectivity index (χ3n) is 4.20. The van der Waals surface area contributed by atoms with Gasteiger partial charge in [0.25, 0.3) is 5.91 Å². The summed E-state index contributed by atoms with van der Waals surface area (Å²) in [6, 6.07) is 5.47. The van der Waals surface area contributed by atoms with Crippen LogP contribution in [0.3, 0.4) is 0 Å². The van der Waals surface area contributed by atoms with Gasteiger partial charge in [0, 0.05) is 31.0 Å². The molecule has 0 radical (unpaired) electrons. The summed E-state index contributed by atoms with van der Waals surface area (Å²) in [6.45, 7) is 1.40. The number of ether oxygens (including phenoxy) is 1. The van der Waals surface area contributed by atoms with E-state index in [4.69, 9.17) is 4.74 Å². The van der Waals surface area contributed by atoms with E-state index in [9.17, 15) is 19.2 Å². The van der Waals surface area contributed by atoms with Crippen LogP contribution in [-0.4, -0.2) is 36.7 Å². The number of nitrogens with one attached hydrogen (secondary N) is 2. The number of benzene rings is 1. The number of hydrogen-bond acceptors (Lipinski definition) is 5. The van der Waals surface area contributed by atoms with Crippen LogP contribution in [0.5, 0.6) is 0 Å². The van der Waals surface area contributed by atoms with E-state index in [-0.39, 0.29) is 24.0 Å². The molecular weight excluding hydrogens is 324 g/mol. The lowest BCUT2D eigenvalue weighted by Crippen LogP contribution is -2.48. The van der Waals surface area contributed by atoms with Gasteiger partial charge in [-0.3, -0.25) is 14.4 Å². The molecule has 2 N–H and O–H groups in total. The fourth-order valence-electron chi connectivity index (χ4n) is 2.97. The molecule has 0 bridgehead atoms. The average molecular weight is 346 g/mol. The van der Waals surface area contributed by atoms with Crippen LogP contribution in [0.4, 0.5) is 5.69 Å². The largest absolute Gasteiger partial charge is 0.467 e. The molecule has 1 aromatic rings. The second-order valence-electron chi connectivity index (χ2n) is 6.13. The first-order valence-electron chi connectivity index (χ1n) is 8.18. The average Bonchev–Trinajstić information content (AvgIpc) is 2.59. The van der Waals surface area contributed by atoms with Gasteiger partial charge in [-0.05, 0) is 43.0 Å². The predicted octanol–water partition coefficient (Wildman–Crippen LogP) is 1.68. The van der Waals surface area contributed by atoms with E-state index in [2.05, 4.69) is 10.6 Å². The minimum absolute atomic E-state index is 0.0964. The molecule has 1 fully saturated rings. The highest BCUT2D eigenvalue weighted by atomic mass is 16.5. The zero-order valence-corrected chi connectivity index (χ0v) is 14.3. The molecule has 0 aliphatic heterocycles. The van der Waals surface area contributed by atoms with Crippen LogP contribution >= 0.6 is 0 Å². The van der Waals surface area contributed by atoms with Crippen LogP contribution in [0, 0.1) is 5.92 Å². The molecule has 134 valence electrons. The summed E-state index contributed by atoms with van der Waals surface area (Å²) in [4.78, 5) is 47.2. The molecule has 0 spiro atoms. The molecule has 0 unspecified atom stereocenters. The highest BCUT2D eigenvalue weighted by molar-refractivity contribution is 5.98. The van der Waals surface area contributed by atoms with Crippen LogP contribution in [-0.2, 0) is 19.1 Å². The molecule has 2 amide bonds. The van der Waals surface area contributed by atoms with Crippen LogP contribution in [0.1, 0.15) is 43.0 Å². The first-order chi connectivity index (χ1) is 11.9. The number of rotatable bonds is 5. The van der Waals surface area contributed by atoms with E-state index in [1.54, 1.807) is 24.3 Å². The Labute approximate surface area is 146 Å². The summed E-state index contributed by atoms with van der Waals surface area (Å²) in [6.07, 6.45) is 2.18. The highest BCUT2D eigenvalue weighted by Crippen LogP contribution is 2.25. The van der Waals surface area contributed by atoms with Gasteiger partial charge < -0.3 is 15.4 Å². The lowest BCUT2D eigenvalue weighted by molar-refractivity contribution is -0.145. The summed E-state index contributed by atoms with van der Waals surface area (Å²) in [5, 5.41) is 5.29. The molecule has 7 nitrogen and oxygen atoms in total. The smallest absolute Gasteiger partial charge is 0.328 e. The number of carbonyl (C=O) groups excluding carboxylic acids is 4. The summed E-state index contributed by atoms with van der Waals surface area (Å²) >= 11 is 0. The molecule has 2 atom stereocenters. The van der Waals surface area contributed by atoms with Gasteiger partial charge in [0.2, 0.25) is 5.91 Å². The van der Waals surface area contributed by atoms with Crippen molar-refractivity contribution < 1.29 is 23.9 Å². The van der Waals surface area contributed by atoms with E-state index in [0.29, 0.717) is 30.5 Å².